The highest BCUT2D eigenvalue weighted by Gasteiger charge is 2.31. The second kappa shape index (κ2) is 8.84. The van der Waals surface area contributed by atoms with Crippen molar-refractivity contribution in [2.45, 2.75) is 52.0 Å². The molecule has 3 rings (SSSR count). The number of amides is 1. The van der Waals surface area contributed by atoms with Crippen molar-refractivity contribution in [3.8, 4) is 11.5 Å². The monoisotopic (exact) mass is 400 g/mol. The fourth-order valence-electron chi connectivity index (χ4n) is 3.54. The zero-order valence-electron chi connectivity index (χ0n) is 18.1. The van der Waals surface area contributed by atoms with Gasteiger partial charge in [0.2, 0.25) is 5.91 Å². The lowest BCUT2D eigenvalue weighted by molar-refractivity contribution is -0.137. The summed E-state index contributed by atoms with van der Waals surface area (Å²) in [6, 6.07) is 5.58. The van der Waals surface area contributed by atoms with Crippen LogP contribution in [-0.4, -0.2) is 53.1 Å². The molecule has 1 saturated heterocycles. The zero-order valence-corrected chi connectivity index (χ0v) is 18.1. The molecule has 29 heavy (non-hydrogen) atoms. The Bertz CT molecular complexity index is 818. The van der Waals surface area contributed by atoms with Crippen LogP contribution in [0, 0.1) is 5.92 Å². The highest BCUT2D eigenvalue weighted by Crippen LogP contribution is 2.30. The van der Waals surface area contributed by atoms with E-state index >= 15 is 0 Å². The van der Waals surface area contributed by atoms with Crippen LogP contribution < -0.4 is 9.47 Å². The molecule has 158 valence electrons. The summed E-state index contributed by atoms with van der Waals surface area (Å²) in [6.07, 6.45) is 4.37. The number of aryl methyl sites for hydroxylation is 1. The molecule has 0 aliphatic carbocycles. The Balaban J connectivity index is 1.49. The second-order valence-electron chi connectivity index (χ2n) is 8.38. The Morgan fingerprint density at radius 1 is 1.21 bits per heavy atom. The predicted molar refractivity (Wildman–Crippen MR) is 111 cm³/mol. The molecule has 1 aliphatic rings. The number of carbonyl (C=O) groups excluding carboxylic acids is 1. The lowest BCUT2D eigenvalue weighted by Gasteiger charge is -2.39. The van der Waals surface area contributed by atoms with Gasteiger partial charge in [0, 0.05) is 36.8 Å². The molecule has 0 atom stereocenters. The number of methoxy groups -OCH3 is 2. The van der Waals surface area contributed by atoms with Crippen molar-refractivity contribution in [2.75, 3.05) is 27.3 Å². The van der Waals surface area contributed by atoms with Crippen LogP contribution in [0.1, 0.15) is 44.9 Å². The third-order valence-electron chi connectivity index (χ3n) is 6.05. The third-order valence-corrected chi connectivity index (χ3v) is 6.05. The maximum Gasteiger partial charge on any atom is 0.227 e. The fraction of sp³-hybridized carbons (Fsp3) is 0.591. The molecule has 1 amide bonds. The van der Waals surface area contributed by atoms with E-state index in [1.807, 2.05) is 27.8 Å². The molecule has 0 unspecified atom stereocenters. The fourth-order valence-corrected chi connectivity index (χ4v) is 3.54. The molecule has 0 radical (unpaired) electrons. The number of ether oxygens (including phenoxy) is 2. The molecule has 1 fully saturated rings. The van der Waals surface area contributed by atoms with Gasteiger partial charge in [0.15, 0.2) is 0 Å². The van der Waals surface area contributed by atoms with Gasteiger partial charge in [0.25, 0.3) is 0 Å². The van der Waals surface area contributed by atoms with Gasteiger partial charge in [0.1, 0.15) is 11.5 Å². The largest absolute Gasteiger partial charge is 0.496 e. The van der Waals surface area contributed by atoms with Gasteiger partial charge in [-0.3, -0.25) is 9.48 Å². The first-order valence-corrected chi connectivity index (χ1v) is 10.3. The van der Waals surface area contributed by atoms with E-state index in [0.29, 0.717) is 23.8 Å². The maximum atomic E-state index is 12.7. The molecule has 0 spiro atoms. The van der Waals surface area contributed by atoms with Gasteiger partial charge < -0.3 is 14.4 Å². The van der Waals surface area contributed by atoms with Crippen LogP contribution in [0.3, 0.4) is 0 Å². The van der Waals surface area contributed by atoms with Gasteiger partial charge in [-0.1, -0.05) is 32.1 Å². The van der Waals surface area contributed by atoms with Crippen LogP contribution in [0.5, 0.6) is 11.5 Å². The summed E-state index contributed by atoms with van der Waals surface area (Å²) in [4.78, 5) is 14.6. The molecule has 0 saturated carbocycles. The first-order chi connectivity index (χ1) is 13.9. The van der Waals surface area contributed by atoms with E-state index in [9.17, 15) is 4.79 Å². The lowest BCUT2D eigenvalue weighted by Crippen LogP contribution is -2.50. The average Bonchev–Trinajstić information content (AvgIpc) is 3.16. The minimum absolute atomic E-state index is 0.0531. The number of hydrogen-bond donors (Lipinski definition) is 0. The zero-order chi connectivity index (χ0) is 21.0. The average molecular weight is 401 g/mol. The summed E-state index contributed by atoms with van der Waals surface area (Å²) in [6.45, 7) is 8.96. The molecule has 2 heterocycles. The number of aromatic nitrogens is 3. The van der Waals surface area contributed by atoms with E-state index < -0.39 is 0 Å². The molecule has 7 nitrogen and oxygen atoms in total. The minimum Gasteiger partial charge on any atom is -0.496 e. The van der Waals surface area contributed by atoms with Crippen molar-refractivity contribution in [3.63, 3.8) is 0 Å². The Morgan fingerprint density at radius 3 is 2.45 bits per heavy atom. The first kappa shape index (κ1) is 21.1. The van der Waals surface area contributed by atoms with Crippen molar-refractivity contribution >= 4 is 5.91 Å². The Morgan fingerprint density at radius 2 is 1.86 bits per heavy atom. The topological polar surface area (TPSA) is 69.5 Å². The normalized spacial score (nSPS) is 14.6. The smallest absolute Gasteiger partial charge is 0.227 e. The van der Waals surface area contributed by atoms with Crippen LogP contribution in [0.25, 0.3) is 0 Å². The number of nitrogens with zero attached hydrogens (tertiary/aromatic N) is 4. The van der Waals surface area contributed by atoms with E-state index in [1.165, 1.54) is 0 Å². The highest BCUT2D eigenvalue weighted by molar-refractivity contribution is 5.81. The Hall–Kier alpha value is -2.57. The van der Waals surface area contributed by atoms with E-state index in [1.54, 1.807) is 14.2 Å². The maximum absolute atomic E-state index is 12.7. The molecule has 0 bridgehead atoms. The third kappa shape index (κ3) is 4.71. The molecule has 0 N–H and O–H groups in total. The number of benzene rings is 1. The van der Waals surface area contributed by atoms with Crippen LogP contribution in [0.4, 0.5) is 0 Å². The predicted octanol–water partition coefficient (Wildman–Crippen LogP) is 3.07. The van der Waals surface area contributed by atoms with Gasteiger partial charge >= 0.3 is 0 Å². The summed E-state index contributed by atoms with van der Waals surface area (Å²) >= 11 is 0. The molecule has 1 aromatic carbocycles. The van der Waals surface area contributed by atoms with E-state index in [-0.39, 0.29) is 11.3 Å². The van der Waals surface area contributed by atoms with Gasteiger partial charge in [0.05, 0.1) is 26.3 Å². The standard InChI is InChI=1S/C22H32N4O3/c1-6-22(2,3)20-15-26(24-23-20)11-10-16-13-25(14-16)21(27)12-17-18(28-4)8-7-9-19(17)29-5/h7-9,15-16H,6,10-14H2,1-5H3. The van der Waals surface area contributed by atoms with Crippen LogP contribution >= 0.6 is 0 Å². The minimum atomic E-state index is 0.0531. The van der Waals surface area contributed by atoms with Gasteiger partial charge in [-0.05, 0) is 30.9 Å². The van der Waals surface area contributed by atoms with Crippen LogP contribution in [0.2, 0.25) is 0 Å². The van der Waals surface area contributed by atoms with E-state index in [0.717, 1.165) is 43.7 Å². The molecular weight excluding hydrogens is 368 g/mol. The van der Waals surface area contributed by atoms with E-state index in [4.69, 9.17) is 9.47 Å². The molecule has 2 aromatic rings. The SMILES string of the molecule is CCC(C)(C)c1cn(CCC2CN(C(=O)Cc3c(OC)cccc3OC)C2)nn1. The molecule has 1 aliphatic heterocycles. The number of hydrogen-bond acceptors (Lipinski definition) is 5. The second-order valence-corrected chi connectivity index (χ2v) is 8.38. The summed E-state index contributed by atoms with van der Waals surface area (Å²) in [5.74, 6) is 1.99. The van der Waals surface area contributed by atoms with Gasteiger partial charge in [-0.2, -0.15) is 0 Å². The van der Waals surface area contributed by atoms with Gasteiger partial charge in [-0.25, -0.2) is 0 Å². The molecular formula is C22H32N4O3. The first-order valence-electron chi connectivity index (χ1n) is 10.3. The quantitative estimate of drug-likeness (QED) is 0.647. The van der Waals surface area contributed by atoms with Crippen LogP contribution in [0.15, 0.2) is 24.4 Å². The number of likely N-dealkylation sites (tertiary alicyclic amines) is 1. The van der Waals surface area contributed by atoms with Crippen molar-refractivity contribution in [1.82, 2.24) is 19.9 Å². The molecule has 1 aromatic heterocycles. The summed E-state index contributed by atoms with van der Waals surface area (Å²) < 4.78 is 12.7. The van der Waals surface area contributed by atoms with Gasteiger partial charge in [-0.15, -0.1) is 5.10 Å². The van der Waals surface area contributed by atoms with Crippen molar-refractivity contribution in [1.29, 1.82) is 0 Å². The molecule has 7 heteroatoms. The van der Waals surface area contributed by atoms with Crippen LogP contribution in [-0.2, 0) is 23.2 Å². The van der Waals surface area contributed by atoms with E-state index in [2.05, 4.69) is 37.3 Å². The summed E-state index contributed by atoms with van der Waals surface area (Å²) in [7, 11) is 3.22. The number of carbonyl (C=O) groups is 1. The van der Waals surface area contributed by atoms with Crippen molar-refractivity contribution in [2.24, 2.45) is 5.92 Å². The summed E-state index contributed by atoms with van der Waals surface area (Å²) in [5, 5.41) is 8.60. The summed E-state index contributed by atoms with van der Waals surface area (Å²) in [5.41, 5.74) is 1.90. The Kier molecular flexibility index (Phi) is 6.45. The Labute approximate surface area is 173 Å². The number of rotatable bonds is 9. The van der Waals surface area contributed by atoms with Crippen molar-refractivity contribution in [3.05, 3.63) is 35.7 Å². The lowest BCUT2D eigenvalue weighted by atomic mass is 9.87. The highest BCUT2D eigenvalue weighted by atomic mass is 16.5. The van der Waals surface area contributed by atoms with Crippen molar-refractivity contribution < 1.29 is 14.3 Å².